The van der Waals surface area contributed by atoms with Crippen molar-refractivity contribution in [3.63, 3.8) is 0 Å². The first-order valence-electron chi connectivity index (χ1n) is 9.73. The molecule has 0 bridgehead atoms. The fraction of sp³-hybridized carbons (Fsp3) is 0.700. The Bertz CT molecular complexity index is 540. The minimum Gasteiger partial charge on any atom is -0.356 e. The lowest BCUT2D eigenvalue weighted by Crippen LogP contribution is -2.47. The number of aromatic nitrogens is 1. The number of likely N-dealkylation sites (tertiary alicyclic amines) is 1. The van der Waals surface area contributed by atoms with Gasteiger partial charge in [0.2, 0.25) is 5.91 Å². The van der Waals surface area contributed by atoms with E-state index in [4.69, 9.17) is 0 Å². The van der Waals surface area contributed by atoms with E-state index in [2.05, 4.69) is 33.8 Å². The van der Waals surface area contributed by atoms with Crippen LogP contribution in [-0.4, -0.2) is 67.5 Å². The van der Waals surface area contributed by atoms with Crippen molar-refractivity contribution < 1.29 is 4.79 Å². The molecule has 0 unspecified atom stereocenters. The van der Waals surface area contributed by atoms with Crippen LogP contribution < -0.4 is 4.90 Å². The van der Waals surface area contributed by atoms with E-state index in [1.165, 1.54) is 6.42 Å². The fourth-order valence-corrected chi connectivity index (χ4v) is 4.07. The largest absolute Gasteiger partial charge is 0.356 e. The average molecular weight is 345 g/mol. The first-order chi connectivity index (χ1) is 12.1. The van der Waals surface area contributed by atoms with Crippen molar-refractivity contribution in [2.24, 2.45) is 11.8 Å². The van der Waals surface area contributed by atoms with Gasteiger partial charge in [-0.2, -0.15) is 0 Å². The van der Waals surface area contributed by atoms with Crippen LogP contribution in [0, 0.1) is 11.8 Å². The molecule has 2 fully saturated rings. The van der Waals surface area contributed by atoms with E-state index in [0.717, 1.165) is 70.1 Å². The highest BCUT2D eigenvalue weighted by Gasteiger charge is 2.31. The van der Waals surface area contributed by atoms with Crippen molar-refractivity contribution in [2.75, 3.05) is 51.7 Å². The van der Waals surface area contributed by atoms with Gasteiger partial charge in [-0.05, 0) is 70.8 Å². The van der Waals surface area contributed by atoms with Crippen LogP contribution in [0.1, 0.15) is 32.1 Å². The zero-order valence-corrected chi connectivity index (χ0v) is 15.7. The van der Waals surface area contributed by atoms with Crippen LogP contribution in [0.25, 0.3) is 0 Å². The summed E-state index contributed by atoms with van der Waals surface area (Å²) in [5, 5.41) is 0. The SMILES string of the molecule is CN(C)CCC1CCN(C(=O)[C@H]2CCCN(c3ccccn3)C2)CC1. The number of pyridine rings is 1. The summed E-state index contributed by atoms with van der Waals surface area (Å²) in [5.41, 5.74) is 0. The van der Waals surface area contributed by atoms with E-state index in [-0.39, 0.29) is 5.92 Å². The average Bonchev–Trinajstić information content (AvgIpc) is 2.67. The second kappa shape index (κ2) is 8.65. The maximum Gasteiger partial charge on any atom is 0.227 e. The molecule has 2 saturated heterocycles. The van der Waals surface area contributed by atoms with Gasteiger partial charge in [0, 0.05) is 32.4 Å². The molecule has 3 heterocycles. The number of carbonyl (C=O) groups excluding carboxylic acids is 1. The van der Waals surface area contributed by atoms with Gasteiger partial charge in [-0.3, -0.25) is 4.79 Å². The summed E-state index contributed by atoms with van der Waals surface area (Å²) in [6.45, 7) is 4.86. The molecule has 138 valence electrons. The summed E-state index contributed by atoms with van der Waals surface area (Å²) < 4.78 is 0. The van der Waals surface area contributed by atoms with Gasteiger partial charge < -0.3 is 14.7 Å². The molecule has 5 heteroatoms. The van der Waals surface area contributed by atoms with E-state index >= 15 is 0 Å². The summed E-state index contributed by atoms with van der Waals surface area (Å²) in [5.74, 6) is 2.28. The molecule has 0 saturated carbocycles. The maximum absolute atomic E-state index is 13.0. The normalized spacial score (nSPS) is 22.4. The zero-order chi connectivity index (χ0) is 17.6. The van der Waals surface area contributed by atoms with Crippen molar-refractivity contribution in [2.45, 2.75) is 32.1 Å². The minimum absolute atomic E-state index is 0.133. The van der Waals surface area contributed by atoms with Crippen LogP contribution in [0.15, 0.2) is 24.4 Å². The summed E-state index contributed by atoms with van der Waals surface area (Å²) in [4.78, 5) is 24.1. The maximum atomic E-state index is 13.0. The Balaban J connectivity index is 1.50. The summed E-state index contributed by atoms with van der Waals surface area (Å²) in [6.07, 6.45) is 7.51. The van der Waals surface area contributed by atoms with Crippen molar-refractivity contribution in [3.8, 4) is 0 Å². The molecule has 0 aromatic carbocycles. The highest BCUT2D eigenvalue weighted by atomic mass is 16.2. The van der Waals surface area contributed by atoms with Gasteiger partial charge in [0.1, 0.15) is 5.82 Å². The number of nitrogens with zero attached hydrogens (tertiary/aromatic N) is 4. The molecule has 1 atom stereocenters. The van der Waals surface area contributed by atoms with Gasteiger partial charge in [0.25, 0.3) is 0 Å². The monoisotopic (exact) mass is 344 g/mol. The quantitative estimate of drug-likeness (QED) is 0.823. The van der Waals surface area contributed by atoms with Crippen LogP contribution in [0.4, 0.5) is 5.82 Å². The summed E-state index contributed by atoms with van der Waals surface area (Å²) >= 11 is 0. The molecule has 1 amide bonds. The highest BCUT2D eigenvalue weighted by molar-refractivity contribution is 5.79. The predicted molar refractivity (Wildman–Crippen MR) is 102 cm³/mol. The Morgan fingerprint density at radius 1 is 1.20 bits per heavy atom. The molecule has 0 aliphatic carbocycles. The second-order valence-corrected chi connectivity index (χ2v) is 7.83. The van der Waals surface area contributed by atoms with Crippen molar-refractivity contribution in [3.05, 3.63) is 24.4 Å². The lowest BCUT2D eigenvalue weighted by Gasteiger charge is -2.38. The second-order valence-electron chi connectivity index (χ2n) is 7.83. The van der Waals surface area contributed by atoms with Crippen LogP contribution in [-0.2, 0) is 4.79 Å². The lowest BCUT2D eigenvalue weighted by atomic mass is 9.91. The van der Waals surface area contributed by atoms with Crippen LogP contribution in [0.5, 0.6) is 0 Å². The number of amides is 1. The Hall–Kier alpha value is -1.62. The number of piperidine rings is 2. The first-order valence-corrected chi connectivity index (χ1v) is 9.73. The molecule has 2 aliphatic heterocycles. The Morgan fingerprint density at radius 3 is 2.68 bits per heavy atom. The van der Waals surface area contributed by atoms with E-state index in [1.54, 1.807) is 0 Å². The summed E-state index contributed by atoms with van der Waals surface area (Å²) in [7, 11) is 4.27. The predicted octanol–water partition coefficient (Wildman–Crippen LogP) is 2.49. The van der Waals surface area contributed by atoms with Gasteiger partial charge in [0.15, 0.2) is 0 Å². The van der Waals surface area contributed by atoms with E-state index in [9.17, 15) is 4.79 Å². The van der Waals surface area contributed by atoms with Gasteiger partial charge in [-0.25, -0.2) is 4.98 Å². The van der Waals surface area contributed by atoms with E-state index in [1.807, 2.05) is 24.4 Å². The number of anilines is 1. The molecular formula is C20H32N4O. The number of hydrogen-bond donors (Lipinski definition) is 0. The topological polar surface area (TPSA) is 39.7 Å². The number of hydrogen-bond acceptors (Lipinski definition) is 4. The Labute approximate surface area is 152 Å². The molecular weight excluding hydrogens is 312 g/mol. The summed E-state index contributed by atoms with van der Waals surface area (Å²) in [6, 6.07) is 6.01. The Kier molecular flexibility index (Phi) is 6.29. The third kappa shape index (κ3) is 4.94. The van der Waals surface area contributed by atoms with E-state index < -0.39 is 0 Å². The number of rotatable bonds is 5. The molecule has 0 radical (unpaired) electrons. The van der Waals surface area contributed by atoms with Crippen LogP contribution in [0.3, 0.4) is 0 Å². The molecule has 1 aromatic rings. The highest BCUT2D eigenvalue weighted by Crippen LogP contribution is 2.26. The number of carbonyl (C=O) groups is 1. The van der Waals surface area contributed by atoms with Crippen molar-refractivity contribution >= 4 is 11.7 Å². The fourth-order valence-electron chi connectivity index (χ4n) is 4.07. The lowest BCUT2D eigenvalue weighted by molar-refractivity contribution is -0.137. The van der Waals surface area contributed by atoms with E-state index in [0.29, 0.717) is 5.91 Å². The smallest absolute Gasteiger partial charge is 0.227 e. The zero-order valence-electron chi connectivity index (χ0n) is 15.7. The molecule has 2 aliphatic rings. The van der Waals surface area contributed by atoms with Gasteiger partial charge in [-0.1, -0.05) is 6.07 Å². The minimum atomic E-state index is 0.133. The standard InChI is InChI=1S/C20H32N4O/c1-22(2)13-8-17-9-14-23(15-10-17)20(25)18-6-5-12-24(16-18)19-7-3-4-11-21-19/h3-4,7,11,17-18H,5-6,8-10,12-16H2,1-2H3/t18-/m0/s1. The molecule has 0 N–H and O–H groups in total. The van der Waals surface area contributed by atoms with Crippen LogP contribution >= 0.6 is 0 Å². The Morgan fingerprint density at radius 2 is 2.00 bits per heavy atom. The molecule has 3 rings (SSSR count). The van der Waals surface area contributed by atoms with Crippen molar-refractivity contribution in [1.29, 1.82) is 0 Å². The van der Waals surface area contributed by atoms with Crippen LogP contribution in [0.2, 0.25) is 0 Å². The van der Waals surface area contributed by atoms with Gasteiger partial charge in [0.05, 0.1) is 5.92 Å². The third-order valence-corrected chi connectivity index (χ3v) is 5.65. The van der Waals surface area contributed by atoms with Gasteiger partial charge in [-0.15, -0.1) is 0 Å². The molecule has 5 nitrogen and oxygen atoms in total. The first kappa shape index (κ1) is 18.2. The van der Waals surface area contributed by atoms with Gasteiger partial charge >= 0.3 is 0 Å². The third-order valence-electron chi connectivity index (χ3n) is 5.65. The van der Waals surface area contributed by atoms with Crippen molar-refractivity contribution in [1.82, 2.24) is 14.8 Å². The molecule has 0 spiro atoms. The molecule has 1 aromatic heterocycles. The molecule has 25 heavy (non-hydrogen) atoms.